The summed E-state index contributed by atoms with van der Waals surface area (Å²) < 4.78 is 5.75. The maximum atomic E-state index is 6.12. The molecule has 3 unspecified atom stereocenters. The van der Waals surface area contributed by atoms with E-state index in [1.807, 2.05) is 0 Å². The van der Waals surface area contributed by atoms with Crippen LogP contribution in [0.25, 0.3) is 0 Å². The molecule has 0 aromatic rings. The third-order valence-corrected chi connectivity index (χ3v) is 4.38. The first kappa shape index (κ1) is 16.6. The van der Waals surface area contributed by atoms with Crippen LogP contribution in [0.3, 0.4) is 0 Å². The molecule has 2 rings (SSSR count). The summed E-state index contributed by atoms with van der Waals surface area (Å²) in [5.41, 5.74) is 6.12. The zero-order valence-electron chi connectivity index (χ0n) is 13.9. The molecule has 0 radical (unpaired) electrons. The Kier molecular flexibility index (Phi) is 6.30. The molecule has 0 amide bonds. The Morgan fingerprint density at radius 2 is 1.90 bits per heavy atom. The number of hydrogen-bond donors (Lipinski definition) is 1. The van der Waals surface area contributed by atoms with Crippen molar-refractivity contribution in [2.45, 2.75) is 52.2 Å². The SMILES string of the molecule is CC1CCCN(C(N)=NCCCN2CC(C)OC(C)C2)C1. The van der Waals surface area contributed by atoms with Gasteiger partial charge in [0.05, 0.1) is 12.2 Å². The summed E-state index contributed by atoms with van der Waals surface area (Å²) in [6, 6.07) is 0. The van der Waals surface area contributed by atoms with Crippen molar-refractivity contribution in [2.75, 3.05) is 39.3 Å². The molecule has 122 valence electrons. The zero-order valence-corrected chi connectivity index (χ0v) is 13.9. The molecule has 21 heavy (non-hydrogen) atoms. The lowest BCUT2D eigenvalue weighted by Gasteiger charge is -2.35. The zero-order chi connectivity index (χ0) is 15.2. The maximum Gasteiger partial charge on any atom is 0.191 e. The van der Waals surface area contributed by atoms with Gasteiger partial charge in [-0.1, -0.05) is 6.92 Å². The van der Waals surface area contributed by atoms with Gasteiger partial charge in [0.25, 0.3) is 0 Å². The van der Waals surface area contributed by atoms with Crippen molar-refractivity contribution >= 4 is 5.96 Å². The lowest BCUT2D eigenvalue weighted by molar-refractivity contribution is -0.0679. The average molecular weight is 296 g/mol. The second-order valence-corrected chi connectivity index (χ2v) is 6.80. The highest BCUT2D eigenvalue weighted by molar-refractivity contribution is 5.78. The largest absolute Gasteiger partial charge is 0.373 e. The number of likely N-dealkylation sites (tertiary alicyclic amines) is 1. The third-order valence-electron chi connectivity index (χ3n) is 4.38. The molecule has 0 aromatic heterocycles. The predicted molar refractivity (Wildman–Crippen MR) is 87.5 cm³/mol. The fourth-order valence-corrected chi connectivity index (χ4v) is 3.45. The van der Waals surface area contributed by atoms with E-state index < -0.39 is 0 Å². The Morgan fingerprint density at radius 3 is 2.57 bits per heavy atom. The third kappa shape index (κ3) is 5.47. The minimum Gasteiger partial charge on any atom is -0.373 e. The van der Waals surface area contributed by atoms with Gasteiger partial charge in [-0.05, 0) is 39.0 Å². The molecule has 0 bridgehead atoms. The lowest BCUT2D eigenvalue weighted by Crippen LogP contribution is -2.46. The number of guanidine groups is 1. The van der Waals surface area contributed by atoms with Crippen molar-refractivity contribution in [3.8, 4) is 0 Å². The van der Waals surface area contributed by atoms with Gasteiger partial charge >= 0.3 is 0 Å². The van der Waals surface area contributed by atoms with Crippen molar-refractivity contribution in [3.63, 3.8) is 0 Å². The summed E-state index contributed by atoms with van der Waals surface area (Å²) in [6.45, 7) is 12.7. The van der Waals surface area contributed by atoms with Crippen LogP contribution in [-0.2, 0) is 4.74 Å². The lowest BCUT2D eigenvalue weighted by atomic mass is 10.0. The number of rotatable bonds is 4. The smallest absolute Gasteiger partial charge is 0.191 e. The first-order valence-electron chi connectivity index (χ1n) is 8.47. The van der Waals surface area contributed by atoms with Crippen LogP contribution in [0.1, 0.15) is 40.0 Å². The van der Waals surface area contributed by atoms with Gasteiger partial charge < -0.3 is 15.4 Å². The van der Waals surface area contributed by atoms with E-state index in [9.17, 15) is 0 Å². The molecule has 2 N–H and O–H groups in total. The standard InChI is InChI=1S/C16H32N4O/c1-13-6-4-9-20(10-13)16(17)18-7-5-8-19-11-14(2)21-15(3)12-19/h13-15H,4-12H2,1-3H3,(H2,17,18). The number of aliphatic imine (C=N–C) groups is 1. The van der Waals surface area contributed by atoms with Gasteiger partial charge in [0.1, 0.15) is 0 Å². The first-order chi connectivity index (χ1) is 10.0. The quantitative estimate of drug-likeness (QED) is 0.486. The van der Waals surface area contributed by atoms with E-state index in [0.717, 1.165) is 57.6 Å². The van der Waals surface area contributed by atoms with Crippen LogP contribution in [0.5, 0.6) is 0 Å². The van der Waals surface area contributed by atoms with Crippen LogP contribution in [0.4, 0.5) is 0 Å². The van der Waals surface area contributed by atoms with Crippen molar-refractivity contribution in [3.05, 3.63) is 0 Å². The highest BCUT2D eigenvalue weighted by Gasteiger charge is 2.21. The summed E-state index contributed by atoms with van der Waals surface area (Å²) in [5.74, 6) is 1.48. The Hall–Kier alpha value is -0.810. The number of hydrogen-bond acceptors (Lipinski definition) is 3. The van der Waals surface area contributed by atoms with E-state index in [1.165, 1.54) is 12.8 Å². The Labute approximate surface area is 129 Å². The van der Waals surface area contributed by atoms with Gasteiger partial charge in [0.15, 0.2) is 5.96 Å². The molecule has 0 saturated carbocycles. The molecule has 2 fully saturated rings. The summed E-state index contributed by atoms with van der Waals surface area (Å²) in [7, 11) is 0. The van der Waals surface area contributed by atoms with Gasteiger partial charge in [0.2, 0.25) is 0 Å². The monoisotopic (exact) mass is 296 g/mol. The maximum absolute atomic E-state index is 6.12. The van der Waals surface area contributed by atoms with Crippen LogP contribution in [0.2, 0.25) is 0 Å². The highest BCUT2D eigenvalue weighted by atomic mass is 16.5. The minimum absolute atomic E-state index is 0.345. The molecule has 0 aliphatic carbocycles. The topological polar surface area (TPSA) is 54.1 Å². The summed E-state index contributed by atoms with van der Waals surface area (Å²) >= 11 is 0. The number of piperidine rings is 1. The van der Waals surface area contributed by atoms with Crippen molar-refractivity contribution in [1.29, 1.82) is 0 Å². The Morgan fingerprint density at radius 1 is 1.19 bits per heavy atom. The number of nitrogens with two attached hydrogens (primary N) is 1. The first-order valence-corrected chi connectivity index (χ1v) is 8.47. The van der Waals surface area contributed by atoms with Crippen LogP contribution in [-0.4, -0.2) is 67.2 Å². The van der Waals surface area contributed by atoms with Gasteiger partial charge in [-0.2, -0.15) is 0 Å². The van der Waals surface area contributed by atoms with E-state index in [2.05, 4.69) is 35.6 Å². The van der Waals surface area contributed by atoms with Crippen molar-refractivity contribution in [2.24, 2.45) is 16.6 Å². The molecular formula is C16H32N4O. The summed E-state index contributed by atoms with van der Waals surface area (Å²) in [5, 5.41) is 0. The molecule has 0 aromatic carbocycles. The Balaban J connectivity index is 1.67. The highest BCUT2D eigenvalue weighted by Crippen LogP contribution is 2.15. The molecule has 5 heteroatoms. The van der Waals surface area contributed by atoms with E-state index in [1.54, 1.807) is 0 Å². The second-order valence-electron chi connectivity index (χ2n) is 6.80. The van der Waals surface area contributed by atoms with Gasteiger partial charge in [-0.25, -0.2) is 0 Å². The fourth-order valence-electron chi connectivity index (χ4n) is 3.45. The van der Waals surface area contributed by atoms with Crippen LogP contribution in [0.15, 0.2) is 4.99 Å². The van der Waals surface area contributed by atoms with Gasteiger partial charge in [-0.3, -0.25) is 9.89 Å². The van der Waals surface area contributed by atoms with Crippen LogP contribution >= 0.6 is 0 Å². The van der Waals surface area contributed by atoms with Crippen LogP contribution in [0, 0.1) is 5.92 Å². The minimum atomic E-state index is 0.345. The van der Waals surface area contributed by atoms with E-state index in [-0.39, 0.29) is 0 Å². The molecule has 2 aliphatic rings. The number of ether oxygens (including phenoxy) is 1. The molecule has 2 saturated heterocycles. The van der Waals surface area contributed by atoms with Gasteiger partial charge in [-0.15, -0.1) is 0 Å². The van der Waals surface area contributed by atoms with Crippen LogP contribution < -0.4 is 5.73 Å². The summed E-state index contributed by atoms with van der Waals surface area (Å²) in [4.78, 5) is 9.29. The van der Waals surface area contributed by atoms with Crippen molar-refractivity contribution in [1.82, 2.24) is 9.80 Å². The van der Waals surface area contributed by atoms with Gasteiger partial charge in [0, 0.05) is 39.3 Å². The van der Waals surface area contributed by atoms with Crippen molar-refractivity contribution < 1.29 is 4.74 Å². The molecule has 2 aliphatic heterocycles. The predicted octanol–water partition coefficient (Wildman–Crippen LogP) is 1.53. The molecule has 2 heterocycles. The van der Waals surface area contributed by atoms with E-state index >= 15 is 0 Å². The second kappa shape index (κ2) is 7.99. The average Bonchev–Trinajstić information content (AvgIpc) is 2.42. The molecule has 0 spiro atoms. The van der Waals surface area contributed by atoms with E-state index in [0.29, 0.717) is 12.2 Å². The van der Waals surface area contributed by atoms with E-state index in [4.69, 9.17) is 10.5 Å². The fraction of sp³-hybridized carbons (Fsp3) is 0.938. The molecule has 5 nitrogen and oxygen atoms in total. The normalized spacial score (nSPS) is 32.4. The Bertz CT molecular complexity index is 337. The number of nitrogens with zero attached hydrogens (tertiary/aromatic N) is 3. The molecule has 3 atom stereocenters. The number of morpholine rings is 1. The summed E-state index contributed by atoms with van der Waals surface area (Å²) in [6.07, 6.45) is 4.32. The molecular weight excluding hydrogens is 264 g/mol.